The highest BCUT2D eigenvalue weighted by atomic mass is 35.5. The van der Waals surface area contributed by atoms with Crippen molar-refractivity contribution >= 4 is 17.6 Å². The van der Waals surface area contributed by atoms with Gasteiger partial charge in [-0.15, -0.1) is 0 Å². The van der Waals surface area contributed by atoms with Gasteiger partial charge in [0.2, 0.25) is 0 Å². The van der Waals surface area contributed by atoms with Gasteiger partial charge in [0, 0.05) is 23.3 Å². The topological polar surface area (TPSA) is 65.2 Å². The number of benzene rings is 1. The Balaban J connectivity index is 1.99. The third-order valence-corrected chi connectivity index (χ3v) is 2.95. The highest BCUT2D eigenvalue weighted by Gasteiger charge is 2.09. The number of halogens is 1. The normalized spacial score (nSPS) is 10.2. The van der Waals surface area contributed by atoms with Crippen LogP contribution in [0.3, 0.4) is 0 Å². The molecule has 0 fully saturated rings. The first-order valence-corrected chi connectivity index (χ1v) is 6.14. The molecule has 0 unspecified atom stereocenters. The molecule has 0 saturated carbocycles. The Hall–Kier alpha value is -1.91. The molecule has 0 bridgehead atoms. The summed E-state index contributed by atoms with van der Waals surface area (Å²) < 4.78 is 5.15. The predicted octanol–water partition coefficient (Wildman–Crippen LogP) is 2.55. The van der Waals surface area contributed by atoms with Crippen LogP contribution in [0.5, 0.6) is 0 Å². The van der Waals surface area contributed by atoms with E-state index in [0.717, 1.165) is 11.1 Å². The van der Waals surface area contributed by atoms with Crippen LogP contribution in [-0.2, 0) is 17.9 Å². The standard InChI is InChI=1S/C14H13ClN2O2/c15-12-4-2-1-3-11(12)9-19-14(18)13-6-5-10(7-16)8-17-13/h1-6,8H,7,9,16H2. The predicted molar refractivity (Wildman–Crippen MR) is 72.7 cm³/mol. The molecule has 1 aromatic heterocycles. The van der Waals surface area contributed by atoms with Gasteiger partial charge in [-0.2, -0.15) is 0 Å². The molecule has 4 nitrogen and oxygen atoms in total. The van der Waals surface area contributed by atoms with E-state index in [1.54, 1.807) is 30.5 Å². The van der Waals surface area contributed by atoms with E-state index in [9.17, 15) is 4.79 Å². The Morgan fingerprint density at radius 1 is 1.26 bits per heavy atom. The summed E-state index contributed by atoms with van der Waals surface area (Å²) in [5.74, 6) is -0.483. The van der Waals surface area contributed by atoms with Gasteiger partial charge in [-0.3, -0.25) is 0 Å². The minimum Gasteiger partial charge on any atom is -0.456 e. The number of rotatable bonds is 4. The van der Waals surface area contributed by atoms with Crippen LogP contribution in [0.25, 0.3) is 0 Å². The number of nitrogens with zero attached hydrogens (tertiary/aromatic N) is 1. The Morgan fingerprint density at radius 2 is 2.05 bits per heavy atom. The quantitative estimate of drug-likeness (QED) is 0.872. The molecule has 5 heteroatoms. The molecule has 0 spiro atoms. The molecular formula is C14H13ClN2O2. The molecule has 0 radical (unpaired) electrons. The summed E-state index contributed by atoms with van der Waals surface area (Å²) >= 11 is 5.97. The monoisotopic (exact) mass is 276 g/mol. The van der Waals surface area contributed by atoms with E-state index in [2.05, 4.69) is 4.98 Å². The number of ether oxygens (including phenoxy) is 1. The maximum atomic E-state index is 11.8. The number of carbonyl (C=O) groups excluding carboxylic acids is 1. The molecule has 0 saturated heterocycles. The summed E-state index contributed by atoms with van der Waals surface area (Å²) in [6.07, 6.45) is 1.56. The zero-order valence-electron chi connectivity index (χ0n) is 10.2. The number of aromatic nitrogens is 1. The van der Waals surface area contributed by atoms with Crippen LogP contribution >= 0.6 is 11.6 Å². The summed E-state index contributed by atoms with van der Waals surface area (Å²) in [6, 6.07) is 10.6. The number of hydrogen-bond donors (Lipinski definition) is 1. The Bertz CT molecular complexity index is 570. The van der Waals surface area contributed by atoms with Gasteiger partial charge < -0.3 is 10.5 Å². The van der Waals surface area contributed by atoms with Crippen LogP contribution < -0.4 is 5.73 Å². The van der Waals surface area contributed by atoms with Gasteiger partial charge in [0.15, 0.2) is 0 Å². The Kier molecular flexibility index (Phi) is 4.49. The molecule has 0 atom stereocenters. The smallest absolute Gasteiger partial charge is 0.357 e. The number of pyridine rings is 1. The summed E-state index contributed by atoms with van der Waals surface area (Å²) in [4.78, 5) is 15.8. The van der Waals surface area contributed by atoms with Crippen LogP contribution in [0.1, 0.15) is 21.6 Å². The second-order valence-corrected chi connectivity index (χ2v) is 4.33. The van der Waals surface area contributed by atoms with Crippen molar-refractivity contribution in [2.45, 2.75) is 13.2 Å². The van der Waals surface area contributed by atoms with Crippen molar-refractivity contribution in [3.05, 3.63) is 64.4 Å². The van der Waals surface area contributed by atoms with E-state index in [1.807, 2.05) is 12.1 Å². The fraction of sp³-hybridized carbons (Fsp3) is 0.143. The molecule has 2 aromatic rings. The van der Waals surface area contributed by atoms with Crippen molar-refractivity contribution in [2.24, 2.45) is 5.73 Å². The van der Waals surface area contributed by atoms with Crippen molar-refractivity contribution < 1.29 is 9.53 Å². The van der Waals surface area contributed by atoms with Gasteiger partial charge in [0.05, 0.1) is 0 Å². The Labute approximate surface area is 116 Å². The lowest BCUT2D eigenvalue weighted by Gasteiger charge is -2.06. The Morgan fingerprint density at radius 3 is 2.68 bits per heavy atom. The van der Waals surface area contributed by atoms with Crippen LogP contribution in [0, 0.1) is 0 Å². The van der Waals surface area contributed by atoms with Crippen molar-refractivity contribution in [1.82, 2.24) is 4.98 Å². The highest BCUT2D eigenvalue weighted by Crippen LogP contribution is 2.16. The van der Waals surface area contributed by atoms with Crippen molar-refractivity contribution in [3.8, 4) is 0 Å². The molecule has 19 heavy (non-hydrogen) atoms. The van der Waals surface area contributed by atoms with Gasteiger partial charge in [0.1, 0.15) is 12.3 Å². The molecular weight excluding hydrogens is 264 g/mol. The van der Waals surface area contributed by atoms with E-state index in [0.29, 0.717) is 11.6 Å². The SMILES string of the molecule is NCc1ccc(C(=O)OCc2ccccc2Cl)nc1. The lowest BCUT2D eigenvalue weighted by Crippen LogP contribution is -2.08. The first kappa shape index (κ1) is 13.5. The van der Waals surface area contributed by atoms with E-state index in [4.69, 9.17) is 22.1 Å². The maximum Gasteiger partial charge on any atom is 0.357 e. The molecule has 1 heterocycles. The third kappa shape index (κ3) is 3.53. The van der Waals surface area contributed by atoms with Gasteiger partial charge in [-0.05, 0) is 17.7 Å². The van der Waals surface area contributed by atoms with E-state index >= 15 is 0 Å². The maximum absolute atomic E-state index is 11.8. The molecule has 0 aliphatic carbocycles. The van der Waals surface area contributed by atoms with Gasteiger partial charge in [-0.1, -0.05) is 35.9 Å². The molecule has 2 N–H and O–H groups in total. The molecule has 0 aliphatic heterocycles. The molecule has 2 rings (SSSR count). The van der Waals surface area contributed by atoms with E-state index < -0.39 is 5.97 Å². The number of nitrogens with two attached hydrogens (primary N) is 1. The van der Waals surface area contributed by atoms with Gasteiger partial charge in [-0.25, -0.2) is 9.78 Å². The minimum atomic E-state index is -0.483. The highest BCUT2D eigenvalue weighted by molar-refractivity contribution is 6.31. The third-order valence-electron chi connectivity index (χ3n) is 2.59. The lowest BCUT2D eigenvalue weighted by molar-refractivity contribution is 0.0466. The van der Waals surface area contributed by atoms with Crippen LogP contribution in [0.2, 0.25) is 5.02 Å². The lowest BCUT2D eigenvalue weighted by atomic mass is 10.2. The second kappa shape index (κ2) is 6.31. The first-order chi connectivity index (χ1) is 9.20. The molecule has 0 aliphatic rings. The number of carbonyl (C=O) groups is 1. The zero-order chi connectivity index (χ0) is 13.7. The molecule has 98 valence electrons. The fourth-order valence-electron chi connectivity index (χ4n) is 1.50. The summed E-state index contributed by atoms with van der Waals surface area (Å²) in [7, 11) is 0. The summed E-state index contributed by atoms with van der Waals surface area (Å²) in [5, 5.41) is 0.571. The second-order valence-electron chi connectivity index (χ2n) is 3.92. The largest absolute Gasteiger partial charge is 0.456 e. The van der Waals surface area contributed by atoms with Crippen LogP contribution in [0.4, 0.5) is 0 Å². The van der Waals surface area contributed by atoms with Gasteiger partial charge in [0.25, 0.3) is 0 Å². The first-order valence-electron chi connectivity index (χ1n) is 5.76. The van der Waals surface area contributed by atoms with E-state index in [-0.39, 0.29) is 12.3 Å². The average molecular weight is 277 g/mol. The average Bonchev–Trinajstić information content (AvgIpc) is 2.46. The molecule has 1 aromatic carbocycles. The molecule has 0 amide bonds. The minimum absolute atomic E-state index is 0.124. The number of esters is 1. The summed E-state index contributed by atoms with van der Waals surface area (Å²) in [5.41, 5.74) is 7.33. The number of hydrogen-bond acceptors (Lipinski definition) is 4. The van der Waals surface area contributed by atoms with Crippen molar-refractivity contribution in [1.29, 1.82) is 0 Å². The fourth-order valence-corrected chi connectivity index (χ4v) is 1.69. The van der Waals surface area contributed by atoms with Crippen LogP contribution in [0.15, 0.2) is 42.6 Å². The van der Waals surface area contributed by atoms with Crippen LogP contribution in [-0.4, -0.2) is 11.0 Å². The van der Waals surface area contributed by atoms with Gasteiger partial charge >= 0.3 is 5.97 Å². The summed E-state index contributed by atoms with van der Waals surface area (Å²) in [6.45, 7) is 0.515. The van der Waals surface area contributed by atoms with E-state index in [1.165, 1.54) is 0 Å². The van der Waals surface area contributed by atoms with Crippen molar-refractivity contribution in [2.75, 3.05) is 0 Å². The van der Waals surface area contributed by atoms with Crippen molar-refractivity contribution in [3.63, 3.8) is 0 Å². The zero-order valence-corrected chi connectivity index (χ0v) is 10.9.